The predicted molar refractivity (Wildman–Crippen MR) is 72.2 cm³/mol. The highest BCUT2D eigenvalue weighted by Crippen LogP contribution is 2.36. The number of nitrogens with zero attached hydrogens (tertiary/aromatic N) is 1. The molecule has 0 radical (unpaired) electrons. The highest BCUT2D eigenvalue weighted by atomic mass is 19.4. The number of carbonyl (C=O) groups is 1. The van der Waals surface area contributed by atoms with Crippen LogP contribution in [0.5, 0.6) is 0 Å². The second kappa shape index (κ2) is 7.70. The molecule has 1 aromatic rings. The average molecular weight is 373 g/mol. The third-order valence-electron chi connectivity index (χ3n) is 3.33. The molecule has 1 unspecified atom stereocenters. The van der Waals surface area contributed by atoms with Gasteiger partial charge in [-0.3, -0.25) is 14.9 Å². The van der Waals surface area contributed by atoms with E-state index in [1.807, 2.05) is 0 Å². The lowest BCUT2D eigenvalue weighted by molar-refractivity contribution is -0.522. The molecule has 1 rings (SSSR count). The third kappa shape index (κ3) is 6.24. The minimum atomic E-state index is -5.04. The summed E-state index contributed by atoms with van der Waals surface area (Å²) < 4.78 is 80.9. The average Bonchev–Trinajstić information content (AvgIpc) is 2.48. The zero-order valence-electron chi connectivity index (χ0n) is 12.8. The minimum absolute atomic E-state index is 0.0564. The normalized spacial score (nSPS) is 13.4. The van der Waals surface area contributed by atoms with Gasteiger partial charge in [0.15, 0.2) is 0 Å². The first kappa shape index (κ1) is 20.7. The van der Waals surface area contributed by atoms with Crippen LogP contribution in [0.2, 0.25) is 0 Å². The summed E-state index contributed by atoms with van der Waals surface area (Å²) in [5.41, 5.74) is -3.59. The van der Waals surface area contributed by atoms with Crippen LogP contribution in [0.3, 0.4) is 0 Å². The fraction of sp³-hybridized carbons (Fsp3) is 0.500. The highest BCUT2D eigenvalue weighted by Gasteiger charge is 2.37. The van der Waals surface area contributed by atoms with Crippen LogP contribution in [0.4, 0.5) is 26.3 Å². The molecule has 0 N–H and O–H groups in total. The molecule has 0 spiro atoms. The van der Waals surface area contributed by atoms with Gasteiger partial charge in [0, 0.05) is 17.8 Å². The summed E-state index contributed by atoms with van der Waals surface area (Å²) in [4.78, 5) is 21.1. The van der Waals surface area contributed by atoms with Crippen molar-refractivity contribution >= 4 is 5.97 Å². The molecule has 0 fully saturated rings. The van der Waals surface area contributed by atoms with Crippen LogP contribution in [0.1, 0.15) is 29.5 Å². The van der Waals surface area contributed by atoms with Crippen LogP contribution in [0.25, 0.3) is 0 Å². The van der Waals surface area contributed by atoms with Crippen molar-refractivity contribution in [3.8, 4) is 0 Å². The van der Waals surface area contributed by atoms with Gasteiger partial charge in [-0.15, -0.1) is 0 Å². The van der Waals surface area contributed by atoms with Crippen LogP contribution < -0.4 is 0 Å². The number of carbonyl (C=O) groups excluding carboxylic acids is 1. The Bertz CT molecular complexity index is 609. The molecular weight excluding hydrogens is 360 g/mol. The van der Waals surface area contributed by atoms with E-state index in [1.54, 1.807) is 0 Å². The zero-order valence-corrected chi connectivity index (χ0v) is 12.8. The summed E-state index contributed by atoms with van der Waals surface area (Å²) in [5.74, 6) is -0.771. The smallest absolute Gasteiger partial charge is 0.416 e. The Morgan fingerprint density at radius 3 is 1.96 bits per heavy atom. The molecule has 5 nitrogen and oxygen atoms in total. The fourth-order valence-corrected chi connectivity index (χ4v) is 2.08. The number of rotatable bonds is 6. The number of hydrogen-bond acceptors (Lipinski definition) is 4. The van der Waals surface area contributed by atoms with Crippen molar-refractivity contribution in [3.05, 3.63) is 45.0 Å². The molecule has 0 aliphatic carbocycles. The van der Waals surface area contributed by atoms with Crippen LogP contribution in [-0.4, -0.2) is 24.0 Å². The van der Waals surface area contributed by atoms with Crippen molar-refractivity contribution in [3.63, 3.8) is 0 Å². The summed E-state index contributed by atoms with van der Waals surface area (Å²) in [6.45, 7) is 0. The zero-order chi connectivity index (χ0) is 19.4. The second-order valence-electron chi connectivity index (χ2n) is 5.17. The molecule has 25 heavy (non-hydrogen) atoms. The Morgan fingerprint density at radius 2 is 1.60 bits per heavy atom. The molecule has 0 aliphatic rings. The first-order valence-corrected chi connectivity index (χ1v) is 6.83. The summed E-state index contributed by atoms with van der Waals surface area (Å²) >= 11 is 0. The van der Waals surface area contributed by atoms with Crippen LogP contribution in [0, 0.1) is 10.1 Å². The summed E-state index contributed by atoms with van der Waals surface area (Å²) in [5, 5.41) is 11.0. The van der Waals surface area contributed by atoms with Gasteiger partial charge in [-0.05, 0) is 23.8 Å². The highest BCUT2D eigenvalue weighted by molar-refractivity contribution is 5.69. The van der Waals surface area contributed by atoms with Gasteiger partial charge in [0.1, 0.15) is 0 Å². The Labute approximate surface area is 137 Å². The molecule has 0 bridgehead atoms. The van der Waals surface area contributed by atoms with Gasteiger partial charge in [0.25, 0.3) is 0 Å². The van der Waals surface area contributed by atoms with Crippen molar-refractivity contribution in [2.75, 3.05) is 7.11 Å². The van der Waals surface area contributed by atoms with E-state index in [0.717, 1.165) is 7.11 Å². The molecule has 0 heterocycles. The van der Waals surface area contributed by atoms with Crippen molar-refractivity contribution in [1.82, 2.24) is 0 Å². The quantitative estimate of drug-likeness (QED) is 0.329. The molecular formula is C14H13F6NO4. The van der Waals surface area contributed by atoms with Gasteiger partial charge >= 0.3 is 18.3 Å². The molecule has 1 aromatic carbocycles. The summed E-state index contributed by atoms with van der Waals surface area (Å²) in [6, 6.07) is -0.712. The summed E-state index contributed by atoms with van der Waals surface area (Å²) in [6.07, 6.45) is -11.5. The van der Waals surface area contributed by atoms with Crippen molar-refractivity contribution in [2.24, 2.45) is 0 Å². The van der Waals surface area contributed by atoms with Crippen molar-refractivity contribution in [1.29, 1.82) is 0 Å². The number of hydrogen-bond donors (Lipinski definition) is 0. The van der Waals surface area contributed by atoms with Crippen LogP contribution in [-0.2, 0) is 28.3 Å². The van der Waals surface area contributed by atoms with Crippen LogP contribution >= 0.6 is 0 Å². The Morgan fingerprint density at radius 1 is 1.12 bits per heavy atom. The van der Waals surface area contributed by atoms with Crippen LogP contribution in [0.15, 0.2) is 18.2 Å². The van der Waals surface area contributed by atoms with E-state index in [9.17, 15) is 41.3 Å². The lowest BCUT2D eigenvalue weighted by Crippen LogP contribution is -2.24. The largest absolute Gasteiger partial charge is 0.469 e. The number of ether oxygens (including phenoxy) is 1. The molecule has 0 saturated heterocycles. The lowest BCUT2D eigenvalue weighted by Gasteiger charge is -2.15. The van der Waals surface area contributed by atoms with E-state index in [4.69, 9.17) is 0 Å². The number of benzene rings is 1. The number of halogens is 6. The standard InChI is InChI=1S/C14H13F6NO4/c1-25-12(22)3-2-11(21(23)24)6-8-4-9(13(15,16)17)7-10(5-8)14(18,19)20/h4-5,7,11H,2-3,6H2,1H3. The molecule has 140 valence electrons. The maximum atomic E-state index is 12.8. The maximum Gasteiger partial charge on any atom is 0.416 e. The van der Waals surface area contributed by atoms with Gasteiger partial charge in [-0.1, -0.05) is 0 Å². The first-order chi connectivity index (χ1) is 11.3. The van der Waals surface area contributed by atoms with E-state index in [-0.39, 0.29) is 18.9 Å². The number of esters is 1. The summed E-state index contributed by atoms with van der Waals surface area (Å²) in [7, 11) is 1.05. The first-order valence-electron chi connectivity index (χ1n) is 6.83. The SMILES string of the molecule is COC(=O)CCC(Cc1cc(C(F)(F)F)cc(C(F)(F)F)c1)[N+](=O)[O-]. The number of methoxy groups -OCH3 is 1. The Kier molecular flexibility index (Phi) is 6.38. The topological polar surface area (TPSA) is 69.4 Å². The number of alkyl halides is 6. The Balaban J connectivity index is 3.16. The number of nitro groups is 1. The van der Waals surface area contributed by atoms with Gasteiger partial charge in [0.05, 0.1) is 24.7 Å². The molecule has 0 aliphatic heterocycles. The van der Waals surface area contributed by atoms with E-state index in [1.165, 1.54) is 0 Å². The van der Waals surface area contributed by atoms with Crippen molar-refractivity contribution < 1.29 is 40.8 Å². The molecule has 11 heteroatoms. The molecule has 1 atom stereocenters. The van der Waals surface area contributed by atoms with Crippen molar-refractivity contribution in [2.45, 2.75) is 37.7 Å². The maximum absolute atomic E-state index is 12.8. The fourth-order valence-electron chi connectivity index (χ4n) is 2.08. The third-order valence-corrected chi connectivity index (χ3v) is 3.33. The van der Waals surface area contributed by atoms with Gasteiger partial charge < -0.3 is 4.74 Å². The Hall–Kier alpha value is -2.33. The molecule has 0 aromatic heterocycles. The van der Waals surface area contributed by atoms with Gasteiger partial charge in [-0.25, -0.2) is 0 Å². The van der Waals surface area contributed by atoms with E-state index >= 15 is 0 Å². The van der Waals surface area contributed by atoms with E-state index < -0.39 is 52.4 Å². The van der Waals surface area contributed by atoms with Gasteiger partial charge in [0.2, 0.25) is 6.04 Å². The minimum Gasteiger partial charge on any atom is -0.469 e. The van der Waals surface area contributed by atoms with E-state index in [2.05, 4.69) is 4.74 Å². The second-order valence-corrected chi connectivity index (χ2v) is 5.17. The van der Waals surface area contributed by atoms with Gasteiger partial charge in [-0.2, -0.15) is 26.3 Å². The predicted octanol–water partition coefficient (Wildman–Crippen LogP) is 3.87. The molecule has 0 saturated carbocycles. The lowest BCUT2D eigenvalue weighted by atomic mass is 9.97. The van der Waals surface area contributed by atoms with E-state index in [0.29, 0.717) is 12.1 Å². The molecule has 0 amide bonds. The monoisotopic (exact) mass is 373 g/mol.